The smallest absolute Gasteiger partial charge is 0.0646 e. The molecule has 0 amide bonds. The van der Waals surface area contributed by atoms with E-state index in [-0.39, 0.29) is 0 Å². The van der Waals surface area contributed by atoms with E-state index in [0.717, 1.165) is 6.54 Å². The predicted octanol–water partition coefficient (Wildman–Crippen LogP) is 3.20. The maximum absolute atomic E-state index is 4.26. The number of likely N-dealkylation sites (tertiary alicyclic amines) is 1. The molecule has 1 unspecified atom stereocenters. The summed E-state index contributed by atoms with van der Waals surface area (Å²) >= 11 is 0. The first-order valence-electron chi connectivity index (χ1n) is 6.54. The van der Waals surface area contributed by atoms with E-state index in [0.29, 0.717) is 6.04 Å². The van der Waals surface area contributed by atoms with Crippen molar-refractivity contribution in [2.24, 2.45) is 0 Å². The van der Waals surface area contributed by atoms with Gasteiger partial charge in [-0.2, -0.15) is 5.10 Å². The van der Waals surface area contributed by atoms with Crippen LogP contribution in [0.25, 0.3) is 0 Å². The Kier molecular flexibility index (Phi) is 8.91. The second-order valence-corrected chi connectivity index (χ2v) is 3.54. The van der Waals surface area contributed by atoms with Crippen molar-refractivity contribution in [3.8, 4) is 0 Å². The lowest BCUT2D eigenvalue weighted by Gasteiger charge is -2.29. The fourth-order valence-electron chi connectivity index (χ4n) is 1.85. The van der Waals surface area contributed by atoms with Gasteiger partial charge in [0.1, 0.15) is 0 Å². The van der Waals surface area contributed by atoms with E-state index < -0.39 is 0 Å². The Labute approximate surface area is 100 Å². The van der Waals surface area contributed by atoms with Crippen molar-refractivity contribution < 1.29 is 0 Å². The van der Waals surface area contributed by atoms with Crippen molar-refractivity contribution in [3.05, 3.63) is 18.5 Å². The van der Waals surface area contributed by atoms with Crippen molar-refractivity contribution in [1.29, 1.82) is 0 Å². The van der Waals surface area contributed by atoms with Crippen LogP contribution < -0.4 is 0 Å². The number of piperidine rings is 1. The minimum atomic E-state index is 0.596. The molecule has 1 saturated heterocycles. The first-order valence-corrected chi connectivity index (χ1v) is 6.54. The van der Waals surface area contributed by atoms with E-state index in [9.17, 15) is 0 Å². The van der Waals surface area contributed by atoms with E-state index >= 15 is 0 Å². The Morgan fingerprint density at radius 3 is 2.38 bits per heavy atom. The first-order chi connectivity index (χ1) is 7.86. The molecule has 0 aliphatic carbocycles. The maximum Gasteiger partial charge on any atom is 0.0646 e. The molecule has 0 bridgehead atoms. The Bertz CT molecular complexity index is 231. The topological polar surface area (TPSA) is 21.1 Å². The molecule has 1 atom stereocenters. The van der Waals surface area contributed by atoms with E-state index in [1.54, 1.807) is 0 Å². The lowest BCUT2D eigenvalue weighted by molar-refractivity contribution is 0.202. The molecule has 1 fully saturated rings. The van der Waals surface area contributed by atoms with Gasteiger partial charge in [-0.05, 0) is 32.5 Å². The first kappa shape index (κ1) is 15.2. The summed E-state index contributed by atoms with van der Waals surface area (Å²) in [5, 5.41) is 4.26. The zero-order valence-corrected chi connectivity index (χ0v) is 11.5. The Morgan fingerprint density at radius 2 is 1.88 bits per heavy atom. The molecule has 0 saturated carbocycles. The van der Waals surface area contributed by atoms with Gasteiger partial charge >= 0.3 is 0 Å². The second-order valence-electron chi connectivity index (χ2n) is 3.54. The van der Waals surface area contributed by atoms with Crippen LogP contribution in [-0.2, 0) is 0 Å². The standard InChI is InChI=1S/C9H15N3.2C2H6/c1-11-6-2-4-9(8-11)12-7-3-5-10-12;2*1-2/h3,5,7,9H,2,4,6,8H2,1H3;2*1-2H3. The molecular weight excluding hydrogens is 198 g/mol. The highest BCUT2D eigenvalue weighted by Gasteiger charge is 2.18. The predicted molar refractivity (Wildman–Crippen MR) is 70.7 cm³/mol. The van der Waals surface area contributed by atoms with Crippen molar-refractivity contribution in [3.63, 3.8) is 0 Å². The number of likely N-dealkylation sites (N-methyl/N-ethyl adjacent to an activating group) is 1. The van der Waals surface area contributed by atoms with Gasteiger partial charge in [-0.3, -0.25) is 4.68 Å². The molecule has 0 N–H and O–H groups in total. The van der Waals surface area contributed by atoms with Crippen LogP contribution in [0.2, 0.25) is 0 Å². The summed E-state index contributed by atoms with van der Waals surface area (Å²) in [5.41, 5.74) is 0. The molecule has 1 aliphatic rings. The summed E-state index contributed by atoms with van der Waals surface area (Å²) in [5.74, 6) is 0. The fraction of sp³-hybridized carbons (Fsp3) is 0.769. The van der Waals surface area contributed by atoms with E-state index in [2.05, 4.69) is 27.9 Å². The van der Waals surface area contributed by atoms with Crippen molar-refractivity contribution in [2.45, 2.75) is 46.6 Å². The Morgan fingerprint density at radius 1 is 1.19 bits per heavy atom. The van der Waals surface area contributed by atoms with E-state index in [1.165, 1.54) is 19.4 Å². The summed E-state index contributed by atoms with van der Waals surface area (Å²) in [6, 6.07) is 2.59. The van der Waals surface area contributed by atoms with E-state index in [4.69, 9.17) is 0 Å². The molecule has 1 aromatic heterocycles. The molecule has 16 heavy (non-hydrogen) atoms. The zero-order chi connectivity index (χ0) is 12.4. The Hall–Kier alpha value is -0.830. The molecule has 94 valence electrons. The monoisotopic (exact) mass is 225 g/mol. The van der Waals surface area contributed by atoms with Gasteiger partial charge in [0, 0.05) is 18.9 Å². The number of hydrogen-bond acceptors (Lipinski definition) is 2. The van der Waals surface area contributed by atoms with Crippen molar-refractivity contribution in [1.82, 2.24) is 14.7 Å². The third-order valence-corrected chi connectivity index (χ3v) is 2.50. The van der Waals surface area contributed by atoms with Crippen LogP contribution in [0.15, 0.2) is 18.5 Å². The molecule has 2 heterocycles. The van der Waals surface area contributed by atoms with Gasteiger partial charge < -0.3 is 4.90 Å². The van der Waals surface area contributed by atoms with Gasteiger partial charge in [-0.15, -0.1) is 0 Å². The normalized spacial score (nSPS) is 20.2. The number of hydrogen-bond donors (Lipinski definition) is 0. The zero-order valence-electron chi connectivity index (χ0n) is 11.5. The van der Waals surface area contributed by atoms with Crippen LogP contribution in [0.1, 0.15) is 46.6 Å². The van der Waals surface area contributed by atoms with Crippen LogP contribution in [-0.4, -0.2) is 34.8 Å². The molecule has 3 nitrogen and oxygen atoms in total. The number of rotatable bonds is 1. The molecule has 0 aromatic carbocycles. The SMILES string of the molecule is CC.CC.CN1CCCC(n2cccn2)C1. The minimum absolute atomic E-state index is 0.596. The largest absolute Gasteiger partial charge is 0.304 e. The highest BCUT2D eigenvalue weighted by molar-refractivity contribution is 4.84. The van der Waals surface area contributed by atoms with Crippen molar-refractivity contribution >= 4 is 0 Å². The Balaban J connectivity index is 0.000000509. The van der Waals surface area contributed by atoms with Crippen LogP contribution in [0.4, 0.5) is 0 Å². The van der Waals surface area contributed by atoms with Crippen molar-refractivity contribution in [2.75, 3.05) is 20.1 Å². The average molecular weight is 225 g/mol. The van der Waals surface area contributed by atoms with Gasteiger partial charge in [0.15, 0.2) is 0 Å². The maximum atomic E-state index is 4.26. The molecule has 2 rings (SSSR count). The lowest BCUT2D eigenvalue weighted by atomic mass is 10.1. The van der Waals surface area contributed by atoms with Crippen LogP contribution >= 0.6 is 0 Å². The van der Waals surface area contributed by atoms with Gasteiger partial charge in [0.25, 0.3) is 0 Å². The second kappa shape index (κ2) is 9.40. The third-order valence-electron chi connectivity index (χ3n) is 2.50. The van der Waals surface area contributed by atoms with Gasteiger partial charge in [0.05, 0.1) is 6.04 Å². The minimum Gasteiger partial charge on any atom is -0.304 e. The molecule has 1 aliphatic heterocycles. The van der Waals surface area contributed by atoms with Crippen LogP contribution in [0.5, 0.6) is 0 Å². The lowest BCUT2D eigenvalue weighted by Crippen LogP contribution is -2.33. The average Bonchev–Trinajstić information content (AvgIpc) is 2.88. The van der Waals surface area contributed by atoms with Gasteiger partial charge in [-0.25, -0.2) is 0 Å². The molecule has 3 heteroatoms. The summed E-state index contributed by atoms with van der Waals surface area (Å²) in [6.45, 7) is 10.4. The fourth-order valence-corrected chi connectivity index (χ4v) is 1.85. The molecule has 0 spiro atoms. The van der Waals surface area contributed by atoms with Gasteiger partial charge in [0.2, 0.25) is 0 Å². The highest BCUT2D eigenvalue weighted by atomic mass is 15.3. The molecule has 0 radical (unpaired) electrons. The van der Waals surface area contributed by atoms with Gasteiger partial charge in [-0.1, -0.05) is 27.7 Å². The highest BCUT2D eigenvalue weighted by Crippen LogP contribution is 2.18. The summed E-state index contributed by atoms with van der Waals surface area (Å²) in [7, 11) is 2.18. The molecular formula is C13H27N3. The van der Waals surface area contributed by atoms with Crippen LogP contribution in [0, 0.1) is 0 Å². The van der Waals surface area contributed by atoms with E-state index in [1.807, 2.05) is 40.0 Å². The molecule has 1 aromatic rings. The number of nitrogens with zero attached hydrogens (tertiary/aromatic N) is 3. The third kappa shape index (κ3) is 4.79. The summed E-state index contributed by atoms with van der Waals surface area (Å²) in [6.07, 6.45) is 6.48. The van der Waals surface area contributed by atoms with Crippen LogP contribution in [0.3, 0.4) is 0 Å². The summed E-state index contributed by atoms with van der Waals surface area (Å²) in [4.78, 5) is 2.37. The quantitative estimate of drug-likeness (QED) is 0.732. The number of aromatic nitrogens is 2. The summed E-state index contributed by atoms with van der Waals surface area (Å²) < 4.78 is 2.08.